The number of carboxylic acids is 1. The number of aryl methyl sites for hydroxylation is 2. The second kappa shape index (κ2) is 7.77. The fourth-order valence-electron chi connectivity index (χ4n) is 2.97. The van der Waals surface area contributed by atoms with Crippen LogP contribution in [-0.4, -0.2) is 44.1 Å². The zero-order valence-electron chi connectivity index (χ0n) is 15.4. The average Bonchev–Trinajstić information content (AvgIpc) is 2.99. The number of imidazole rings is 1. The van der Waals surface area contributed by atoms with Crippen LogP contribution in [0.1, 0.15) is 16.8 Å². The van der Waals surface area contributed by atoms with Crippen LogP contribution in [-0.2, 0) is 16.0 Å². The third-order valence-corrected chi connectivity index (χ3v) is 4.44. The lowest BCUT2D eigenvalue weighted by Gasteiger charge is -2.12. The van der Waals surface area contributed by atoms with E-state index in [0.29, 0.717) is 28.2 Å². The molecule has 0 saturated carbocycles. The molecule has 0 aliphatic rings. The van der Waals surface area contributed by atoms with Gasteiger partial charge < -0.3 is 19.9 Å². The van der Waals surface area contributed by atoms with Crippen molar-refractivity contribution in [3.05, 3.63) is 59.2 Å². The number of rotatable bonds is 6. The summed E-state index contributed by atoms with van der Waals surface area (Å²) < 4.78 is 15.4. The highest BCUT2D eigenvalue weighted by molar-refractivity contribution is 5.86. The second-order valence-electron chi connectivity index (χ2n) is 6.62. The van der Waals surface area contributed by atoms with Crippen LogP contribution in [0.25, 0.3) is 16.9 Å². The Hall–Kier alpha value is -3.26. The lowest BCUT2D eigenvalue weighted by atomic mass is 10.1. The number of carbonyl (C=O) groups excluding carboxylic acids is 1. The molecule has 0 aliphatic carbocycles. The highest BCUT2D eigenvalue weighted by atomic mass is 19.1. The number of aliphatic hydroxyl groups excluding tert-OH is 1. The third-order valence-electron chi connectivity index (χ3n) is 4.44. The van der Waals surface area contributed by atoms with Gasteiger partial charge in [0.1, 0.15) is 17.5 Å². The number of hydrogen-bond donors (Lipinski definition) is 3. The predicted octanol–water partition coefficient (Wildman–Crippen LogP) is 1.86. The van der Waals surface area contributed by atoms with Crippen molar-refractivity contribution in [2.24, 2.45) is 0 Å². The van der Waals surface area contributed by atoms with Gasteiger partial charge in [0, 0.05) is 11.8 Å². The molecule has 0 spiro atoms. The van der Waals surface area contributed by atoms with Gasteiger partial charge in [-0.2, -0.15) is 0 Å². The van der Waals surface area contributed by atoms with Crippen LogP contribution < -0.4 is 5.32 Å². The molecule has 0 bridgehead atoms. The zero-order chi connectivity index (χ0) is 20.4. The summed E-state index contributed by atoms with van der Waals surface area (Å²) in [6.07, 6.45) is 1.67. The predicted molar refractivity (Wildman–Crippen MR) is 100 cm³/mol. The average molecular weight is 385 g/mol. The fraction of sp³-hybridized carbons (Fsp3) is 0.250. The second-order valence-corrected chi connectivity index (χ2v) is 6.62. The number of amides is 1. The van der Waals surface area contributed by atoms with Crippen molar-refractivity contribution in [3.63, 3.8) is 0 Å². The maximum atomic E-state index is 13.7. The Kier molecular flexibility index (Phi) is 5.41. The Morgan fingerprint density at radius 3 is 2.64 bits per heavy atom. The highest BCUT2D eigenvalue weighted by Gasteiger charge is 2.22. The molecule has 8 heteroatoms. The summed E-state index contributed by atoms with van der Waals surface area (Å²) in [7, 11) is 0. The maximum absolute atomic E-state index is 13.7. The number of benzene rings is 1. The summed E-state index contributed by atoms with van der Waals surface area (Å²) in [5.41, 5.74) is 3.73. The lowest BCUT2D eigenvalue weighted by molar-refractivity contribution is -0.142. The van der Waals surface area contributed by atoms with E-state index in [1.54, 1.807) is 23.5 Å². The number of halogens is 1. The molecule has 7 nitrogen and oxygen atoms in total. The Bertz CT molecular complexity index is 1060. The fourth-order valence-corrected chi connectivity index (χ4v) is 2.97. The van der Waals surface area contributed by atoms with E-state index in [4.69, 9.17) is 10.2 Å². The number of carboxylic acid groups (broad SMARTS) is 1. The summed E-state index contributed by atoms with van der Waals surface area (Å²) >= 11 is 0. The van der Waals surface area contributed by atoms with Gasteiger partial charge >= 0.3 is 5.97 Å². The van der Waals surface area contributed by atoms with Crippen molar-refractivity contribution >= 4 is 17.5 Å². The Balaban J connectivity index is 2.06. The van der Waals surface area contributed by atoms with Crippen LogP contribution in [0.3, 0.4) is 0 Å². The van der Waals surface area contributed by atoms with Crippen molar-refractivity contribution in [2.75, 3.05) is 6.61 Å². The van der Waals surface area contributed by atoms with Crippen molar-refractivity contribution in [1.29, 1.82) is 0 Å². The monoisotopic (exact) mass is 385 g/mol. The summed E-state index contributed by atoms with van der Waals surface area (Å²) in [6.45, 7) is 2.83. The zero-order valence-corrected chi connectivity index (χ0v) is 15.4. The quantitative estimate of drug-likeness (QED) is 0.601. The van der Waals surface area contributed by atoms with Crippen molar-refractivity contribution in [1.82, 2.24) is 14.7 Å². The van der Waals surface area contributed by atoms with Gasteiger partial charge in [0.25, 0.3) is 0 Å². The molecule has 0 aliphatic heterocycles. The molecule has 0 saturated heterocycles. The van der Waals surface area contributed by atoms with Crippen LogP contribution in [0.4, 0.5) is 4.39 Å². The van der Waals surface area contributed by atoms with Gasteiger partial charge in [-0.05, 0) is 49.2 Å². The third kappa shape index (κ3) is 3.86. The van der Waals surface area contributed by atoms with Crippen molar-refractivity contribution < 1.29 is 24.2 Å². The smallest absolute Gasteiger partial charge is 0.328 e. The molecule has 2 aromatic heterocycles. The van der Waals surface area contributed by atoms with E-state index in [1.807, 2.05) is 25.3 Å². The first-order chi connectivity index (χ1) is 13.3. The number of aliphatic hydroxyl groups is 1. The number of nitrogens with one attached hydrogen (secondary N) is 1. The molecular formula is C20H20FN3O4. The van der Waals surface area contributed by atoms with Crippen LogP contribution in [0.15, 0.2) is 36.5 Å². The normalized spacial score (nSPS) is 12.1. The molecule has 3 rings (SSSR count). The first-order valence-corrected chi connectivity index (χ1v) is 8.67. The van der Waals surface area contributed by atoms with Gasteiger partial charge in [0.2, 0.25) is 5.91 Å². The summed E-state index contributed by atoms with van der Waals surface area (Å²) in [5, 5.41) is 20.4. The minimum absolute atomic E-state index is 0.153. The molecule has 2 heterocycles. The Morgan fingerprint density at radius 2 is 2.00 bits per heavy atom. The number of aliphatic carboxylic acids is 1. The molecule has 1 atom stereocenters. The van der Waals surface area contributed by atoms with Gasteiger partial charge in [-0.15, -0.1) is 0 Å². The molecule has 146 valence electrons. The number of aromatic nitrogens is 2. The van der Waals surface area contributed by atoms with Gasteiger partial charge in [-0.1, -0.05) is 6.07 Å². The highest BCUT2D eigenvalue weighted by Crippen LogP contribution is 2.27. The SMILES string of the molecule is Cc1ccc2nc(-c3ccc(F)c(C)c3)c(CC(=O)NC(CO)C(=O)O)n2c1. The number of carbonyl (C=O) groups is 2. The standard InChI is InChI=1S/C20H20FN3O4/c1-11-3-6-17-23-19(13-4-5-14(21)12(2)7-13)16(24(17)9-11)8-18(26)22-15(10-25)20(27)28/h3-7,9,15,25H,8,10H2,1-2H3,(H,22,26)(H,27,28). The molecule has 3 aromatic rings. The number of pyridine rings is 1. The van der Waals surface area contributed by atoms with E-state index >= 15 is 0 Å². The van der Waals surface area contributed by atoms with Gasteiger partial charge in [-0.3, -0.25) is 4.79 Å². The van der Waals surface area contributed by atoms with Crippen LogP contribution in [0.2, 0.25) is 0 Å². The molecular weight excluding hydrogens is 365 g/mol. The van der Waals surface area contributed by atoms with Crippen LogP contribution in [0.5, 0.6) is 0 Å². The lowest BCUT2D eigenvalue weighted by Crippen LogP contribution is -2.44. The molecule has 0 radical (unpaired) electrons. The van der Waals surface area contributed by atoms with E-state index in [-0.39, 0.29) is 12.2 Å². The van der Waals surface area contributed by atoms with E-state index in [2.05, 4.69) is 10.3 Å². The summed E-state index contributed by atoms with van der Waals surface area (Å²) in [6, 6.07) is 6.90. The van der Waals surface area contributed by atoms with Crippen LogP contribution >= 0.6 is 0 Å². The molecule has 1 aromatic carbocycles. The van der Waals surface area contributed by atoms with Crippen molar-refractivity contribution in [2.45, 2.75) is 26.3 Å². The van der Waals surface area contributed by atoms with Crippen molar-refractivity contribution in [3.8, 4) is 11.3 Å². The largest absolute Gasteiger partial charge is 0.480 e. The van der Waals surface area contributed by atoms with E-state index in [1.165, 1.54) is 6.07 Å². The van der Waals surface area contributed by atoms with Gasteiger partial charge in [0.15, 0.2) is 0 Å². The maximum Gasteiger partial charge on any atom is 0.328 e. The van der Waals surface area contributed by atoms with E-state index < -0.39 is 24.5 Å². The minimum Gasteiger partial charge on any atom is -0.480 e. The van der Waals surface area contributed by atoms with Gasteiger partial charge in [-0.25, -0.2) is 14.2 Å². The molecule has 1 amide bonds. The van der Waals surface area contributed by atoms with E-state index in [0.717, 1.165) is 5.56 Å². The Labute approximate surface area is 160 Å². The van der Waals surface area contributed by atoms with Gasteiger partial charge in [0.05, 0.1) is 24.4 Å². The number of hydrogen-bond acceptors (Lipinski definition) is 4. The number of nitrogens with zero attached hydrogens (tertiary/aromatic N) is 2. The van der Waals surface area contributed by atoms with E-state index in [9.17, 15) is 14.0 Å². The minimum atomic E-state index is -1.38. The molecule has 3 N–H and O–H groups in total. The molecule has 0 fully saturated rings. The first-order valence-electron chi connectivity index (χ1n) is 8.67. The summed E-state index contributed by atoms with van der Waals surface area (Å²) in [4.78, 5) is 28.1. The van der Waals surface area contributed by atoms with Crippen LogP contribution in [0, 0.1) is 19.7 Å². The topological polar surface area (TPSA) is 104 Å². The first kappa shape index (κ1) is 19.5. The number of fused-ring (bicyclic) bond motifs is 1. The molecule has 28 heavy (non-hydrogen) atoms. The Morgan fingerprint density at radius 1 is 1.25 bits per heavy atom. The molecule has 1 unspecified atom stereocenters. The summed E-state index contributed by atoms with van der Waals surface area (Å²) in [5.74, 6) is -2.22.